The van der Waals surface area contributed by atoms with Crippen molar-refractivity contribution in [3.05, 3.63) is 53.6 Å². The van der Waals surface area contributed by atoms with Gasteiger partial charge in [0.05, 0.1) is 5.69 Å². The molecule has 0 saturated heterocycles. The molecule has 0 aromatic heterocycles. The number of fused-ring (bicyclic) bond motifs is 1. The first kappa shape index (κ1) is 17.4. The summed E-state index contributed by atoms with van der Waals surface area (Å²) in [6.07, 6.45) is 2.17. The number of nitrogens with two attached hydrogens (primary N) is 1. The fourth-order valence-electron chi connectivity index (χ4n) is 2.69. The van der Waals surface area contributed by atoms with Crippen LogP contribution in [0.2, 0.25) is 0 Å². The van der Waals surface area contributed by atoms with Crippen LogP contribution in [0.3, 0.4) is 0 Å². The first-order chi connectivity index (χ1) is 12.4. The number of ketones is 1. The summed E-state index contributed by atoms with van der Waals surface area (Å²) in [6, 6.07) is 12.9. The predicted octanol–water partition coefficient (Wildman–Crippen LogP) is 3.18. The van der Waals surface area contributed by atoms with Gasteiger partial charge in [0.25, 0.3) is 0 Å². The number of aliphatic imine (C=N–C) groups is 1. The van der Waals surface area contributed by atoms with E-state index < -0.39 is 5.97 Å². The normalized spacial score (nSPS) is 13.1. The van der Waals surface area contributed by atoms with E-state index in [1.165, 1.54) is 6.92 Å². The van der Waals surface area contributed by atoms with Crippen molar-refractivity contribution in [1.82, 2.24) is 0 Å². The molecule has 6 nitrogen and oxygen atoms in total. The lowest BCUT2D eigenvalue weighted by Gasteiger charge is -2.08. The van der Waals surface area contributed by atoms with Gasteiger partial charge in [-0.05, 0) is 42.3 Å². The first-order valence-corrected chi connectivity index (χ1v) is 8.06. The van der Waals surface area contributed by atoms with Crippen LogP contribution < -0.4 is 10.5 Å². The van der Waals surface area contributed by atoms with E-state index >= 15 is 0 Å². The van der Waals surface area contributed by atoms with E-state index in [1.807, 2.05) is 36.4 Å². The third kappa shape index (κ3) is 3.97. The van der Waals surface area contributed by atoms with Gasteiger partial charge < -0.3 is 15.6 Å². The molecule has 0 unspecified atom stereocenters. The largest absolute Gasteiger partial charge is 0.482 e. The van der Waals surface area contributed by atoms with Crippen LogP contribution in [0.5, 0.6) is 5.75 Å². The molecule has 2 aromatic rings. The minimum Gasteiger partial charge on any atom is -0.482 e. The molecule has 1 aliphatic heterocycles. The topological polar surface area (TPSA) is 102 Å². The van der Waals surface area contributed by atoms with Crippen LogP contribution >= 0.6 is 0 Å². The monoisotopic (exact) mass is 350 g/mol. The quantitative estimate of drug-likeness (QED) is 0.862. The van der Waals surface area contributed by atoms with Crippen LogP contribution in [0.4, 0.5) is 5.69 Å². The Balaban J connectivity index is 1.91. The molecule has 2 aromatic carbocycles. The van der Waals surface area contributed by atoms with E-state index in [0.29, 0.717) is 29.3 Å². The molecule has 26 heavy (non-hydrogen) atoms. The van der Waals surface area contributed by atoms with Crippen molar-refractivity contribution in [1.29, 1.82) is 0 Å². The number of carboxylic acid groups (broad SMARTS) is 1. The lowest BCUT2D eigenvalue weighted by Crippen LogP contribution is -2.13. The van der Waals surface area contributed by atoms with E-state index in [1.54, 1.807) is 12.1 Å². The molecule has 0 amide bonds. The van der Waals surface area contributed by atoms with Crippen molar-refractivity contribution >= 4 is 29.4 Å². The van der Waals surface area contributed by atoms with Crippen LogP contribution in [0.25, 0.3) is 17.2 Å². The molecular formula is C20H18N2O4. The molecule has 1 aliphatic rings. The predicted molar refractivity (Wildman–Crippen MR) is 99.6 cm³/mol. The van der Waals surface area contributed by atoms with Gasteiger partial charge in [0.15, 0.2) is 12.4 Å². The number of benzene rings is 2. The molecule has 0 fully saturated rings. The number of ether oxygens (including phenoxy) is 1. The average molecular weight is 350 g/mol. The van der Waals surface area contributed by atoms with Crippen molar-refractivity contribution in [2.45, 2.75) is 13.3 Å². The maximum Gasteiger partial charge on any atom is 0.341 e. The van der Waals surface area contributed by atoms with Crippen LogP contribution in [0.15, 0.2) is 53.0 Å². The van der Waals surface area contributed by atoms with Crippen molar-refractivity contribution in [2.75, 3.05) is 6.61 Å². The van der Waals surface area contributed by atoms with Gasteiger partial charge in [-0.25, -0.2) is 9.79 Å². The highest BCUT2D eigenvalue weighted by Crippen LogP contribution is 2.32. The molecule has 132 valence electrons. The summed E-state index contributed by atoms with van der Waals surface area (Å²) in [7, 11) is 0. The number of rotatable bonds is 5. The van der Waals surface area contributed by atoms with Crippen molar-refractivity contribution < 1.29 is 19.4 Å². The van der Waals surface area contributed by atoms with Crippen LogP contribution in [0, 0.1) is 0 Å². The van der Waals surface area contributed by atoms with E-state index in [9.17, 15) is 9.59 Å². The smallest absolute Gasteiger partial charge is 0.341 e. The molecule has 3 rings (SSSR count). The third-order valence-corrected chi connectivity index (χ3v) is 4.00. The second-order valence-electron chi connectivity index (χ2n) is 5.99. The van der Waals surface area contributed by atoms with Crippen molar-refractivity contribution in [3.63, 3.8) is 0 Å². The number of hydrogen-bond acceptors (Lipinski definition) is 5. The molecule has 0 bridgehead atoms. The Morgan fingerprint density at radius 1 is 1.15 bits per heavy atom. The van der Waals surface area contributed by atoms with Gasteiger partial charge >= 0.3 is 5.97 Å². The first-order valence-electron chi connectivity index (χ1n) is 8.06. The molecule has 3 N–H and O–H groups in total. The summed E-state index contributed by atoms with van der Waals surface area (Å²) >= 11 is 0. The summed E-state index contributed by atoms with van der Waals surface area (Å²) in [5, 5.41) is 8.64. The van der Waals surface area contributed by atoms with Gasteiger partial charge in [0.2, 0.25) is 0 Å². The van der Waals surface area contributed by atoms with Gasteiger partial charge in [-0.2, -0.15) is 0 Å². The summed E-state index contributed by atoms with van der Waals surface area (Å²) in [5.74, 6) is -0.146. The molecule has 0 radical (unpaired) electrons. The number of carbonyl (C=O) groups excluding carboxylic acids is 1. The molecule has 0 saturated carbocycles. The molecule has 0 spiro atoms. The number of Topliss-reactive ketones (excluding diaryl/α,β-unsaturated/α-hetero) is 1. The maximum atomic E-state index is 11.7. The van der Waals surface area contributed by atoms with Crippen LogP contribution in [-0.4, -0.2) is 29.3 Å². The van der Waals surface area contributed by atoms with Gasteiger partial charge in [0, 0.05) is 17.6 Å². The molecule has 1 heterocycles. The van der Waals surface area contributed by atoms with E-state index in [0.717, 1.165) is 16.7 Å². The number of carboxylic acids is 1. The zero-order valence-corrected chi connectivity index (χ0v) is 14.2. The minimum absolute atomic E-state index is 0.0166. The second-order valence-corrected chi connectivity index (χ2v) is 5.99. The zero-order valence-electron chi connectivity index (χ0n) is 14.2. The third-order valence-electron chi connectivity index (χ3n) is 4.00. The standard InChI is InChI=1S/C20H18N2O4/c1-12(23)16-8-15-3-2-14(9-18(15)22-19(21)10-16)13-4-6-17(7-5-13)26-11-20(24)25/h2-9H,10-11H2,1H3,(H2,21,22)(H,24,25). The minimum atomic E-state index is -1.02. The van der Waals surface area contributed by atoms with E-state index in [-0.39, 0.29) is 12.4 Å². The number of amidine groups is 1. The summed E-state index contributed by atoms with van der Waals surface area (Å²) in [4.78, 5) is 26.7. The highest BCUT2D eigenvalue weighted by molar-refractivity contribution is 6.05. The number of carbonyl (C=O) groups is 2. The van der Waals surface area contributed by atoms with Gasteiger partial charge in [-0.15, -0.1) is 0 Å². The fourth-order valence-corrected chi connectivity index (χ4v) is 2.69. The molecule has 0 aliphatic carbocycles. The Hall–Kier alpha value is -3.41. The highest BCUT2D eigenvalue weighted by atomic mass is 16.5. The van der Waals surface area contributed by atoms with Crippen molar-refractivity contribution in [3.8, 4) is 16.9 Å². The van der Waals surface area contributed by atoms with Crippen LogP contribution in [0.1, 0.15) is 18.9 Å². The second kappa shape index (κ2) is 7.23. The molecule has 6 heteroatoms. The summed E-state index contributed by atoms with van der Waals surface area (Å²) < 4.78 is 5.14. The Morgan fingerprint density at radius 2 is 1.85 bits per heavy atom. The van der Waals surface area contributed by atoms with Gasteiger partial charge in [0.1, 0.15) is 11.6 Å². The van der Waals surface area contributed by atoms with Crippen molar-refractivity contribution in [2.24, 2.45) is 10.7 Å². The Kier molecular flexibility index (Phi) is 4.84. The Bertz CT molecular complexity index is 927. The van der Waals surface area contributed by atoms with Crippen LogP contribution in [-0.2, 0) is 9.59 Å². The molecule has 0 atom stereocenters. The number of hydrogen-bond donors (Lipinski definition) is 2. The Labute approximate surface area is 150 Å². The van der Waals surface area contributed by atoms with Gasteiger partial charge in [-0.3, -0.25) is 4.79 Å². The van der Waals surface area contributed by atoms with Gasteiger partial charge in [-0.1, -0.05) is 24.3 Å². The van der Waals surface area contributed by atoms with E-state index in [4.69, 9.17) is 15.6 Å². The maximum absolute atomic E-state index is 11.7. The number of aliphatic carboxylic acids is 1. The molecular weight excluding hydrogens is 332 g/mol. The average Bonchev–Trinajstić information content (AvgIpc) is 2.77. The lowest BCUT2D eigenvalue weighted by molar-refractivity contribution is -0.139. The summed E-state index contributed by atoms with van der Waals surface area (Å²) in [6.45, 7) is 1.14. The lowest BCUT2D eigenvalue weighted by atomic mass is 10.0. The van der Waals surface area contributed by atoms with E-state index in [2.05, 4.69) is 4.99 Å². The number of nitrogens with zero attached hydrogens (tertiary/aromatic N) is 1. The summed E-state index contributed by atoms with van der Waals surface area (Å²) in [5.41, 5.74) is 10.0. The fraction of sp³-hybridized carbons (Fsp3) is 0.150. The SMILES string of the molecule is CC(=O)C1=Cc2ccc(-c3ccc(OCC(=O)O)cc3)cc2N=C(N)C1. The highest BCUT2D eigenvalue weighted by Gasteiger charge is 2.14. The Morgan fingerprint density at radius 3 is 2.50 bits per heavy atom. The zero-order chi connectivity index (χ0) is 18.7.